The van der Waals surface area contributed by atoms with Crippen LogP contribution in [0.2, 0.25) is 0 Å². The molecule has 0 aliphatic heterocycles. The van der Waals surface area contributed by atoms with E-state index < -0.39 is 4.92 Å². The minimum atomic E-state index is -0.481. The zero-order valence-electron chi connectivity index (χ0n) is 16.8. The van der Waals surface area contributed by atoms with Crippen LogP contribution in [0.4, 0.5) is 11.4 Å². The first kappa shape index (κ1) is 21.5. The third-order valence-corrected chi connectivity index (χ3v) is 5.56. The fraction of sp³-hybridized carbons (Fsp3) is 0.286. The molecule has 0 aliphatic rings. The fourth-order valence-electron chi connectivity index (χ4n) is 2.98. The normalized spacial score (nSPS) is 10.9. The number of nitrogens with one attached hydrogen (secondary N) is 1. The Kier molecular flexibility index (Phi) is 6.83. The molecule has 0 unspecified atom stereocenters. The molecule has 1 aromatic heterocycles. The number of nitro groups is 1. The lowest BCUT2D eigenvalue weighted by Crippen LogP contribution is -2.24. The second-order valence-electron chi connectivity index (χ2n) is 6.82. The van der Waals surface area contributed by atoms with E-state index in [0.717, 1.165) is 12.8 Å². The van der Waals surface area contributed by atoms with E-state index in [9.17, 15) is 19.7 Å². The summed E-state index contributed by atoms with van der Waals surface area (Å²) in [6, 6.07) is 11.7. The van der Waals surface area contributed by atoms with Crippen LogP contribution < -0.4 is 10.9 Å². The standard InChI is InChI=1S/C21H22N4O4S/c1-3-4-11-24-20(27)16-7-5-6-8-17(16)23-21(24)30-13-19(26)22-15-10-9-14(2)18(12-15)25(28)29/h5-10,12H,3-4,11,13H2,1-2H3,(H,22,26). The number of anilines is 1. The molecule has 9 heteroatoms. The minimum Gasteiger partial charge on any atom is -0.325 e. The van der Waals surface area contributed by atoms with Gasteiger partial charge in [0.25, 0.3) is 11.2 Å². The van der Waals surface area contributed by atoms with Crippen molar-refractivity contribution in [3.05, 3.63) is 68.5 Å². The van der Waals surface area contributed by atoms with Gasteiger partial charge in [0.15, 0.2) is 5.16 Å². The summed E-state index contributed by atoms with van der Waals surface area (Å²) in [4.78, 5) is 40.5. The Labute approximate surface area is 177 Å². The van der Waals surface area contributed by atoms with Crippen molar-refractivity contribution in [1.29, 1.82) is 0 Å². The minimum absolute atomic E-state index is 0.0264. The van der Waals surface area contributed by atoms with Crippen molar-refractivity contribution in [1.82, 2.24) is 9.55 Å². The highest BCUT2D eigenvalue weighted by molar-refractivity contribution is 7.99. The summed E-state index contributed by atoms with van der Waals surface area (Å²) < 4.78 is 1.61. The van der Waals surface area contributed by atoms with Gasteiger partial charge in [-0.3, -0.25) is 24.3 Å². The zero-order chi connectivity index (χ0) is 21.7. The Morgan fingerprint density at radius 1 is 1.27 bits per heavy atom. The van der Waals surface area contributed by atoms with Gasteiger partial charge < -0.3 is 5.32 Å². The predicted octanol–water partition coefficient (Wildman–Crippen LogP) is 4.14. The van der Waals surface area contributed by atoms with Crippen molar-refractivity contribution in [3.63, 3.8) is 0 Å². The summed E-state index contributed by atoms with van der Waals surface area (Å²) in [5.74, 6) is -0.305. The topological polar surface area (TPSA) is 107 Å². The predicted molar refractivity (Wildman–Crippen MR) is 118 cm³/mol. The maximum absolute atomic E-state index is 12.9. The van der Waals surface area contributed by atoms with Gasteiger partial charge in [-0.1, -0.05) is 43.3 Å². The third kappa shape index (κ3) is 4.85. The molecule has 0 radical (unpaired) electrons. The highest BCUT2D eigenvalue weighted by Gasteiger charge is 2.15. The SMILES string of the molecule is CCCCn1c(SCC(=O)Nc2ccc(C)c([N+](=O)[O-])c2)nc2ccccc2c1=O. The summed E-state index contributed by atoms with van der Waals surface area (Å²) >= 11 is 1.17. The first-order valence-corrected chi connectivity index (χ1v) is 10.6. The third-order valence-electron chi connectivity index (χ3n) is 4.58. The molecule has 8 nitrogen and oxygen atoms in total. The molecule has 2 aromatic carbocycles. The summed E-state index contributed by atoms with van der Waals surface area (Å²) in [6.45, 7) is 4.21. The first-order chi connectivity index (χ1) is 14.4. The smallest absolute Gasteiger partial charge is 0.274 e. The highest BCUT2D eigenvalue weighted by Crippen LogP contribution is 2.23. The number of para-hydroxylation sites is 1. The second-order valence-corrected chi connectivity index (χ2v) is 7.76. The average molecular weight is 426 g/mol. The molecule has 1 N–H and O–H groups in total. The number of thioether (sulfide) groups is 1. The second kappa shape index (κ2) is 9.53. The van der Waals surface area contributed by atoms with Gasteiger partial charge in [-0.05, 0) is 31.5 Å². The number of unbranched alkanes of at least 4 members (excludes halogenated alkanes) is 1. The van der Waals surface area contributed by atoms with Gasteiger partial charge in [0.2, 0.25) is 5.91 Å². The van der Waals surface area contributed by atoms with Crippen molar-refractivity contribution < 1.29 is 9.72 Å². The number of nitro benzene ring substituents is 1. The summed E-state index contributed by atoms with van der Waals surface area (Å²) in [7, 11) is 0. The number of nitrogens with zero attached hydrogens (tertiary/aromatic N) is 3. The Morgan fingerprint density at radius 3 is 2.77 bits per heavy atom. The lowest BCUT2D eigenvalue weighted by molar-refractivity contribution is -0.385. The van der Waals surface area contributed by atoms with E-state index in [1.807, 2.05) is 13.0 Å². The van der Waals surface area contributed by atoms with Crippen LogP contribution in [0.15, 0.2) is 52.4 Å². The maximum Gasteiger partial charge on any atom is 0.274 e. The lowest BCUT2D eigenvalue weighted by Gasteiger charge is -2.13. The molecule has 3 aromatic rings. The molecule has 156 valence electrons. The molecular weight excluding hydrogens is 404 g/mol. The lowest BCUT2D eigenvalue weighted by atomic mass is 10.2. The Hall–Kier alpha value is -3.20. The number of fused-ring (bicyclic) bond motifs is 1. The molecule has 0 saturated carbocycles. The number of benzene rings is 2. The van der Waals surface area contributed by atoms with Gasteiger partial charge in [-0.2, -0.15) is 0 Å². The van der Waals surface area contributed by atoms with Crippen LogP contribution in [0.25, 0.3) is 10.9 Å². The summed E-state index contributed by atoms with van der Waals surface area (Å²) in [5.41, 5.74) is 1.30. The number of hydrogen-bond acceptors (Lipinski definition) is 6. The number of aryl methyl sites for hydroxylation is 1. The van der Waals surface area contributed by atoms with Crippen molar-refractivity contribution in [2.75, 3.05) is 11.1 Å². The molecule has 1 amide bonds. The van der Waals surface area contributed by atoms with Crippen LogP contribution in [0, 0.1) is 17.0 Å². The Bertz CT molecular complexity index is 1160. The monoisotopic (exact) mass is 426 g/mol. The number of carbonyl (C=O) groups excluding carboxylic acids is 1. The summed E-state index contributed by atoms with van der Waals surface area (Å²) in [6.07, 6.45) is 1.75. The van der Waals surface area contributed by atoms with Crippen LogP contribution in [-0.2, 0) is 11.3 Å². The van der Waals surface area contributed by atoms with Gasteiger partial charge >= 0.3 is 0 Å². The maximum atomic E-state index is 12.9. The van der Waals surface area contributed by atoms with Crippen LogP contribution >= 0.6 is 11.8 Å². The molecule has 0 saturated heterocycles. The van der Waals surface area contributed by atoms with E-state index >= 15 is 0 Å². The van der Waals surface area contributed by atoms with E-state index in [4.69, 9.17) is 0 Å². The van der Waals surface area contributed by atoms with Crippen molar-refractivity contribution in [2.45, 2.75) is 38.4 Å². The molecule has 0 bridgehead atoms. The van der Waals surface area contributed by atoms with E-state index in [-0.39, 0.29) is 22.9 Å². The fourth-order valence-corrected chi connectivity index (χ4v) is 3.81. The quantitative estimate of drug-likeness (QED) is 0.251. The number of aromatic nitrogens is 2. The van der Waals surface area contributed by atoms with E-state index in [1.165, 1.54) is 17.8 Å². The zero-order valence-corrected chi connectivity index (χ0v) is 17.6. The van der Waals surface area contributed by atoms with Crippen LogP contribution in [0.1, 0.15) is 25.3 Å². The number of carbonyl (C=O) groups is 1. The molecular formula is C21H22N4O4S. The Morgan fingerprint density at radius 2 is 2.03 bits per heavy atom. The molecule has 0 fully saturated rings. The molecule has 3 rings (SSSR count). The van der Waals surface area contributed by atoms with Gasteiger partial charge in [-0.15, -0.1) is 0 Å². The van der Waals surface area contributed by atoms with Crippen molar-refractivity contribution >= 4 is 39.9 Å². The van der Waals surface area contributed by atoms with Gasteiger partial charge in [-0.25, -0.2) is 4.98 Å². The molecule has 1 heterocycles. The highest BCUT2D eigenvalue weighted by atomic mass is 32.2. The number of amides is 1. The van der Waals surface area contributed by atoms with Crippen LogP contribution in [-0.4, -0.2) is 26.1 Å². The van der Waals surface area contributed by atoms with E-state index in [1.54, 1.807) is 41.8 Å². The van der Waals surface area contributed by atoms with Gasteiger partial charge in [0, 0.05) is 23.9 Å². The molecule has 0 aliphatic carbocycles. The first-order valence-electron chi connectivity index (χ1n) is 9.58. The van der Waals surface area contributed by atoms with E-state index in [2.05, 4.69) is 10.3 Å². The van der Waals surface area contributed by atoms with Crippen LogP contribution in [0.3, 0.4) is 0 Å². The largest absolute Gasteiger partial charge is 0.325 e. The number of hydrogen-bond donors (Lipinski definition) is 1. The van der Waals surface area contributed by atoms with Crippen molar-refractivity contribution in [2.24, 2.45) is 0 Å². The molecule has 30 heavy (non-hydrogen) atoms. The molecule has 0 spiro atoms. The Balaban J connectivity index is 1.79. The van der Waals surface area contributed by atoms with Crippen molar-refractivity contribution in [3.8, 4) is 0 Å². The van der Waals surface area contributed by atoms with E-state index in [0.29, 0.717) is 33.9 Å². The molecule has 0 atom stereocenters. The van der Waals surface area contributed by atoms with Gasteiger partial charge in [0.05, 0.1) is 21.6 Å². The average Bonchev–Trinajstić information content (AvgIpc) is 2.73. The number of rotatable bonds is 8. The van der Waals surface area contributed by atoms with Crippen LogP contribution in [0.5, 0.6) is 0 Å². The summed E-state index contributed by atoms with van der Waals surface area (Å²) in [5, 5.41) is 14.8. The van der Waals surface area contributed by atoms with Gasteiger partial charge in [0.1, 0.15) is 0 Å².